The Labute approximate surface area is 191 Å². The molecule has 2 aliphatic heterocycles. The molecule has 0 unspecified atom stereocenters. The average molecular weight is 455 g/mol. The molecular formula is C24H38O8. The predicted molar refractivity (Wildman–Crippen MR) is 123 cm³/mol. The first-order chi connectivity index (χ1) is 14.0. The largest absolute Gasteiger partial charge is 0.466 e. The molecule has 2 aliphatic rings. The summed E-state index contributed by atoms with van der Waals surface area (Å²) in [5.41, 5.74) is 0.618. The zero-order chi connectivity index (χ0) is 22.9. The number of carbonyl (C=O) groups is 2. The first-order valence-corrected chi connectivity index (χ1v) is 9.28. The van der Waals surface area contributed by atoms with Gasteiger partial charge in [0.1, 0.15) is 23.4 Å². The van der Waals surface area contributed by atoms with Gasteiger partial charge >= 0.3 is 11.9 Å². The maximum Gasteiger partial charge on any atom is 0.384 e. The van der Waals surface area contributed by atoms with E-state index in [-0.39, 0.29) is 14.9 Å². The molecule has 8 nitrogen and oxygen atoms in total. The van der Waals surface area contributed by atoms with Crippen LogP contribution < -0.4 is 0 Å². The van der Waals surface area contributed by atoms with Gasteiger partial charge in [0.2, 0.25) is 0 Å². The summed E-state index contributed by atoms with van der Waals surface area (Å²) >= 11 is 0. The highest BCUT2D eigenvalue weighted by Crippen LogP contribution is 2.38. The van der Waals surface area contributed by atoms with Crippen LogP contribution >= 0.6 is 0 Å². The Hall–Kier alpha value is -2.44. The van der Waals surface area contributed by atoms with E-state index in [9.17, 15) is 19.8 Å². The van der Waals surface area contributed by atoms with E-state index in [2.05, 4.69) is 34.5 Å². The minimum atomic E-state index is -0.978. The number of hydrogen-bond donors (Lipinski definition) is 2. The summed E-state index contributed by atoms with van der Waals surface area (Å²) in [6.07, 6.45) is 1.96. The average Bonchev–Trinajstić information content (AvgIpc) is 3.61. The third-order valence-corrected chi connectivity index (χ3v) is 4.38. The SMILES string of the molecule is C.C.C=C(C)C[C@]1([C@H](O)/C=C/C(=O)OC)CO1.C=C(C)C[C@]1([C@H](O)C#CC(=O)OC)CO1. The standard InChI is InChI=1S/C11H16O4.C11H14O4.2CH4/c2*1-8(2)6-11(7-15-11)9(12)4-5-10(13)14-3;;/h4-5,9,12H,1,6-7H2,2-3H3;9,12H,1,6-7H2,2-3H3;2*1H4/b5-4+;;;/t2*9-,11-;;/m11../s1. The number of aliphatic hydroxyl groups excluding tert-OH is 2. The molecule has 2 fully saturated rings. The van der Waals surface area contributed by atoms with Crippen molar-refractivity contribution in [3.05, 3.63) is 36.5 Å². The Morgan fingerprint density at radius 2 is 1.50 bits per heavy atom. The summed E-state index contributed by atoms with van der Waals surface area (Å²) in [5.74, 6) is 3.43. The molecule has 0 saturated carbocycles. The lowest BCUT2D eigenvalue weighted by atomic mass is 9.95. The van der Waals surface area contributed by atoms with Crippen LogP contribution in [0.25, 0.3) is 0 Å². The zero-order valence-corrected chi connectivity index (χ0v) is 17.9. The Morgan fingerprint density at radius 3 is 1.88 bits per heavy atom. The summed E-state index contributed by atoms with van der Waals surface area (Å²) in [4.78, 5) is 21.5. The number of ether oxygens (including phenoxy) is 4. The summed E-state index contributed by atoms with van der Waals surface area (Å²) in [6, 6.07) is 0. The summed E-state index contributed by atoms with van der Waals surface area (Å²) < 4.78 is 19.1. The predicted octanol–water partition coefficient (Wildman–Crippen LogP) is 2.34. The van der Waals surface area contributed by atoms with Crippen LogP contribution in [-0.4, -0.2) is 73.0 Å². The molecule has 0 spiro atoms. The first-order valence-electron chi connectivity index (χ1n) is 9.28. The second-order valence-electron chi connectivity index (χ2n) is 7.47. The van der Waals surface area contributed by atoms with Crippen LogP contribution in [0.4, 0.5) is 0 Å². The number of epoxide rings is 2. The van der Waals surface area contributed by atoms with Crippen molar-refractivity contribution in [1.82, 2.24) is 0 Å². The minimum Gasteiger partial charge on any atom is -0.466 e. The van der Waals surface area contributed by atoms with E-state index in [1.54, 1.807) is 0 Å². The Bertz CT molecular complexity index is 748. The van der Waals surface area contributed by atoms with Crippen LogP contribution in [0.5, 0.6) is 0 Å². The second-order valence-corrected chi connectivity index (χ2v) is 7.47. The molecule has 182 valence electrons. The van der Waals surface area contributed by atoms with Crippen LogP contribution in [0.15, 0.2) is 36.5 Å². The lowest BCUT2D eigenvalue weighted by molar-refractivity contribution is -0.135. The molecule has 2 rings (SSSR count). The van der Waals surface area contributed by atoms with Crippen LogP contribution in [0.3, 0.4) is 0 Å². The second kappa shape index (κ2) is 13.9. The molecule has 0 bridgehead atoms. The number of hydrogen-bond acceptors (Lipinski definition) is 8. The quantitative estimate of drug-likeness (QED) is 0.143. The maximum atomic E-state index is 10.8. The fourth-order valence-corrected chi connectivity index (χ4v) is 2.66. The Kier molecular flexibility index (Phi) is 13.8. The zero-order valence-electron chi connectivity index (χ0n) is 17.9. The monoisotopic (exact) mass is 454 g/mol. The fraction of sp³-hybridized carbons (Fsp3) is 0.583. The van der Waals surface area contributed by atoms with Gasteiger partial charge in [0.15, 0.2) is 0 Å². The van der Waals surface area contributed by atoms with E-state index in [0.717, 1.165) is 11.1 Å². The van der Waals surface area contributed by atoms with Gasteiger partial charge in [-0.2, -0.15) is 0 Å². The van der Waals surface area contributed by atoms with Gasteiger partial charge in [-0.05, 0) is 19.9 Å². The van der Waals surface area contributed by atoms with E-state index in [4.69, 9.17) is 9.47 Å². The lowest BCUT2D eigenvalue weighted by Crippen LogP contribution is -2.28. The van der Waals surface area contributed by atoms with Crippen molar-refractivity contribution in [3.8, 4) is 11.8 Å². The molecule has 2 N–H and O–H groups in total. The van der Waals surface area contributed by atoms with Crippen LogP contribution in [0.2, 0.25) is 0 Å². The molecule has 0 aromatic rings. The third-order valence-electron chi connectivity index (χ3n) is 4.38. The first kappa shape index (κ1) is 31.7. The van der Waals surface area contributed by atoms with Crippen molar-refractivity contribution in [2.24, 2.45) is 0 Å². The van der Waals surface area contributed by atoms with E-state index >= 15 is 0 Å². The smallest absolute Gasteiger partial charge is 0.384 e. The van der Waals surface area contributed by atoms with Crippen LogP contribution in [-0.2, 0) is 28.5 Å². The highest BCUT2D eigenvalue weighted by molar-refractivity contribution is 5.88. The molecule has 2 heterocycles. The number of methoxy groups -OCH3 is 2. The van der Waals surface area contributed by atoms with E-state index in [0.29, 0.717) is 26.1 Å². The van der Waals surface area contributed by atoms with Gasteiger partial charge in [0.05, 0.1) is 27.4 Å². The van der Waals surface area contributed by atoms with Crippen molar-refractivity contribution >= 4 is 11.9 Å². The van der Waals surface area contributed by atoms with E-state index < -0.39 is 35.3 Å². The summed E-state index contributed by atoms with van der Waals surface area (Å²) in [7, 11) is 2.52. The van der Waals surface area contributed by atoms with Crippen molar-refractivity contribution < 1.29 is 38.7 Å². The fourth-order valence-electron chi connectivity index (χ4n) is 2.66. The van der Waals surface area contributed by atoms with Crippen molar-refractivity contribution in [1.29, 1.82) is 0 Å². The molecule has 32 heavy (non-hydrogen) atoms. The molecular weight excluding hydrogens is 416 g/mol. The molecule has 8 heteroatoms. The van der Waals surface area contributed by atoms with Gasteiger partial charge in [0, 0.05) is 24.8 Å². The van der Waals surface area contributed by atoms with Crippen molar-refractivity contribution in [2.75, 3.05) is 27.4 Å². The molecule has 0 aromatic carbocycles. The van der Waals surface area contributed by atoms with Crippen LogP contribution in [0, 0.1) is 11.8 Å². The molecule has 0 aromatic heterocycles. The van der Waals surface area contributed by atoms with Gasteiger partial charge in [0.25, 0.3) is 0 Å². The lowest BCUT2D eigenvalue weighted by Gasteiger charge is -2.15. The van der Waals surface area contributed by atoms with E-state index in [1.165, 1.54) is 26.4 Å². The van der Waals surface area contributed by atoms with Crippen molar-refractivity contribution in [2.45, 2.75) is 65.0 Å². The summed E-state index contributed by atoms with van der Waals surface area (Å²) in [5, 5.41) is 19.5. The normalized spacial score (nSPS) is 23.9. The van der Waals surface area contributed by atoms with Gasteiger partial charge in [-0.25, -0.2) is 9.59 Å². The van der Waals surface area contributed by atoms with Gasteiger partial charge in [-0.1, -0.05) is 31.9 Å². The number of carbonyl (C=O) groups excluding carboxylic acids is 2. The number of aliphatic hydroxyl groups is 2. The highest BCUT2D eigenvalue weighted by Gasteiger charge is 2.51. The molecule has 0 aliphatic carbocycles. The molecule has 2 saturated heterocycles. The minimum absolute atomic E-state index is 0. The van der Waals surface area contributed by atoms with Gasteiger partial charge < -0.3 is 29.2 Å². The highest BCUT2D eigenvalue weighted by atomic mass is 16.6. The number of rotatable bonds is 8. The summed E-state index contributed by atoms with van der Waals surface area (Å²) in [6.45, 7) is 12.2. The maximum absolute atomic E-state index is 10.8. The molecule has 4 atom stereocenters. The number of esters is 2. The molecule has 0 amide bonds. The third kappa shape index (κ3) is 10.2. The van der Waals surface area contributed by atoms with E-state index in [1.807, 2.05) is 13.8 Å². The van der Waals surface area contributed by atoms with Crippen molar-refractivity contribution in [3.63, 3.8) is 0 Å². The Morgan fingerprint density at radius 1 is 1.03 bits per heavy atom. The van der Waals surface area contributed by atoms with Gasteiger partial charge in [-0.3, -0.25) is 0 Å². The van der Waals surface area contributed by atoms with Gasteiger partial charge in [-0.15, -0.1) is 13.2 Å². The molecule has 0 radical (unpaired) electrons. The Balaban J connectivity index is 0. The van der Waals surface area contributed by atoms with Crippen LogP contribution in [0.1, 0.15) is 41.5 Å². The topological polar surface area (TPSA) is 118 Å².